The first kappa shape index (κ1) is 8.75. The minimum absolute atomic E-state index is 0.0971. The maximum atomic E-state index is 12.4. The van der Waals surface area contributed by atoms with Gasteiger partial charge in [0.15, 0.2) is 0 Å². The molecule has 1 aliphatic heterocycles. The summed E-state index contributed by atoms with van der Waals surface area (Å²) in [5, 5.41) is 3.30. The van der Waals surface area contributed by atoms with Crippen molar-refractivity contribution in [2.75, 3.05) is 18.1 Å². The van der Waals surface area contributed by atoms with Gasteiger partial charge in [-0.05, 0) is 12.5 Å². The van der Waals surface area contributed by atoms with E-state index in [4.69, 9.17) is 0 Å². The van der Waals surface area contributed by atoms with Crippen molar-refractivity contribution in [3.8, 4) is 0 Å². The molecular weight excluding hydrogens is 180 g/mol. The predicted molar refractivity (Wildman–Crippen MR) is 46.8 cm³/mol. The van der Waals surface area contributed by atoms with Gasteiger partial charge in [0.05, 0.1) is 0 Å². The van der Waals surface area contributed by atoms with E-state index in [-0.39, 0.29) is 18.8 Å². The van der Waals surface area contributed by atoms with Gasteiger partial charge >= 0.3 is 0 Å². The monoisotopic (exact) mass is 193 g/mol. The molecule has 1 saturated carbocycles. The lowest BCUT2D eigenvalue weighted by Crippen LogP contribution is -2.47. The lowest BCUT2D eigenvalue weighted by molar-refractivity contribution is -0.109. The van der Waals surface area contributed by atoms with Crippen molar-refractivity contribution >= 4 is 11.8 Å². The SMILES string of the molecule is FC1(F)CC(CNC2CSC2)C1. The van der Waals surface area contributed by atoms with E-state index in [0.29, 0.717) is 6.04 Å². The van der Waals surface area contributed by atoms with E-state index < -0.39 is 5.92 Å². The predicted octanol–water partition coefficient (Wildman–Crippen LogP) is 1.74. The molecule has 12 heavy (non-hydrogen) atoms. The molecule has 1 saturated heterocycles. The first-order chi connectivity index (χ1) is 5.66. The molecule has 2 aliphatic rings. The van der Waals surface area contributed by atoms with Crippen molar-refractivity contribution in [1.29, 1.82) is 0 Å². The average Bonchev–Trinajstić information content (AvgIpc) is 1.79. The number of alkyl halides is 2. The number of hydrogen-bond donors (Lipinski definition) is 1. The number of thioether (sulfide) groups is 1. The van der Waals surface area contributed by atoms with Crippen molar-refractivity contribution in [3.63, 3.8) is 0 Å². The fourth-order valence-corrected chi connectivity index (χ4v) is 2.32. The van der Waals surface area contributed by atoms with Gasteiger partial charge in [-0.1, -0.05) is 0 Å². The van der Waals surface area contributed by atoms with Gasteiger partial charge < -0.3 is 5.32 Å². The summed E-state index contributed by atoms with van der Waals surface area (Å²) in [5.74, 6) is 0.193. The highest BCUT2D eigenvalue weighted by atomic mass is 32.2. The van der Waals surface area contributed by atoms with Crippen LogP contribution in [0.2, 0.25) is 0 Å². The summed E-state index contributed by atoms with van der Waals surface area (Å²) < 4.78 is 24.8. The van der Waals surface area contributed by atoms with E-state index in [2.05, 4.69) is 5.32 Å². The maximum Gasteiger partial charge on any atom is 0.248 e. The lowest BCUT2D eigenvalue weighted by atomic mass is 9.81. The topological polar surface area (TPSA) is 12.0 Å². The van der Waals surface area contributed by atoms with E-state index >= 15 is 0 Å². The molecule has 2 fully saturated rings. The Labute approximate surface area is 75.3 Å². The molecule has 1 heterocycles. The van der Waals surface area contributed by atoms with E-state index in [1.165, 1.54) is 0 Å². The molecule has 0 unspecified atom stereocenters. The number of nitrogens with one attached hydrogen (secondary N) is 1. The summed E-state index contributed by atoms with van der Waals surface area (Å²) in [6.07, 6.45) is 0.194. The lowest BCUT2D eigenvalue weighted by Gasteiger charge is -2.37. The van der Waals surface area contributed by atoms with Crippen LogP contribution in [-0.4, -0.2) is 30.0 Å². The summed E-state index contributed by atoms with van der Waals surface area (Å²) in [7, 11) is 0. The van der Waals surface area contributed by atoms with E-state index in [1.807, 2.05) is 11.8 Å². The van der Waals surface area contributed by atoms with Gasteiger partial charge in [-0.15, -0.1) is 0 Å². The van der Waals surface area contributed by atoms with Gasteiger partial charge in [0.25, 0.3) is 0 Å². The normalized spacial score (nSPS) is 29.5. The molecule has 4 heteroatoms. The second-order valence-corrected chi connectivity index (χ2v) is 4.85. The van der Waals surface area contributed by atoms with Crippen LogP contribution in [0.15, 0.2) is 0 Å². The summed E-state index contributed by atoms with van der Waals surface area (Å²) >= 11 is 1.91. The fourth-order valence-electron chi connectivity index (χ4n) is 1.62. The number of halogens is 2. The van der Waals surface area contributed by atoms with E-state index in [0.717, 1.165) is 18.1 Å². The largest absolute Gasteiger partial charge is 0.312 e. The molecular formula is C8H13F2NS. The third-order valence-electron chi connectivity index (χ3n) is 2.51. The molecule has 0 aromatic rings. The number of rotatable bonds is 3. The van der Waals surface area contributed by atoms with Gasteiger partial charge in [-0.2, -0.15) is 11.8 Å². The van der Waals surface area contributed by atoms with Crippen molar-refractivity contribution < 1.29 is 8.78 Å². The van der Waals surface area contributed by atoms with E-state index in [9.17, 15) is 8.78 Å². The first-order valence-corrected chi connectivity index (χ1v) is 5.50. The molecule has 0 spiro atoms. The van der Waals surface area contributed by atoms with Crippen LogP contribution in [0.5, 0.6) is 0 Å². The molecule has 0 aromatic carbocycles. The Balaban J connectivity index is 1.57. The van der Waals surface area contributed by atoms with Crippen LogP contribution >= 0.6 is 11.8 Å². The summed E-state index contributed by atoms with van der Waals surface area (Å²) in [4.78, 5) is 0. The smallest absolute Gasteiger partial charge is 0.248 e. The Morgan fingerprint density at radius 2 is 2.00 bits per heavy atom. The highest BCUT2D eigenvalue weighted by Crippen LogP contribution is 2.41. The van der Waals surface area contributed by atoms with Crippen molar-refractivity contribution in [3.05, 3.63) is 0 Å². The molecule has 1 N–H and O–H groups in total. The van der Waals surface area contributed by atoms with Gasteiger partial charge in [0.2, 0.25) is 5.92 Å². The van der Waals surface area contributed by atoms with Crippen molar-refractivity contribution in [2.45, 2.75) is 24.8 Å². The van der Waals surface area contributed by atoms with E-state index in [1.54, 1.807) is 0 Å². The minimum atomic E-state index is -2.35. The molecule has 0 atom stereocenters. The summed E-state index contributed by atoms with van der Waals surface area (Å²) in [6.45, 7) is 0.792. The van der Waals surface area contributed by atoms with Crippen molar-refractivity contribution in [2.24, 2.45) is 5.92 Å². The molecule has 70 valence electrons. The van der Waals surface area contributed by atoms with Gasteiger partial charge in [0.1, 0.15) is 0 Å². The minimum Gasteiger partial charge on any atom is -0.312 e. The van der Waals surface area contributed by atoms with Crippen LogP contribution in [-0.2, 0) is 0 Å². The van der Waals surface area contributed by atoms with Gasteiger partial charge in [-0.25, -0.2) is 8.78 Å². The molecule has 0 amide bonds. The Morgan fingerprint density at radius 3 is 2.42 bits per heavy atom. The molecule has 1 aliphatic carbocycles. The van der Waals surface area contributed by atoms with Crippen LogP contribution in [0.4, 0.5) is 8.78 Å². The molecule has 2 rings (SSSR count). The maximum absolute atomic E-state index is 12.4. The average molecular weight is 193 g/mol. The van der Waals surface area contributed by atoms with Crippen LogP contribution < -0.4 is 5.32 Å². The fraction of sp³-hybridized carbons (Fsp3) is 1.00. The zero-order chi connectivity index (χ0) is 8.60. The van der Waals surface area contributed by atoms with Crippen LogP contribution in [0.1, 0.15) is 12.8 Å². The Hall–Kier alpha value is 0.170. The summed E-state index contributed by atoms with van der Waals surface area (Å²) in [5.41, 5.74) is 0. The summed E-state index contributed by atoms with van der Waals surface area (Å²) in [6, 6.07) is 0.601. The van der Waals surface area contributed by atoms with Gasteiger partial charge in [-0.3, -0.25) is 0 Å². The molecule has 0 aromatic heterocycles. The zero-order valence-corrected chi connectivity index (χ0v) is 7.67. The Kier molecular flexibility index (Phi) is 2.29. The van der Waals surface area contributed by atoms with Gasteiger partial charge in [0, 0.05) is 30.4 Å². The second-order valence-electron chi connectivity index (χ2n) is 3.77. The van der Waals surface area contributed by atoms with Crippen molar-refractivity contribution in [1.82, 2.24) is 5.32 Å². The standard InChI is InChI=1S/C8H13F2NS/c9-8(10)1-6(2-8)3-11-7-4-12-5-7/h6-7,11H,1-5H2. The Bertz CT molecular complexity index is 162. The number of hydrogen-bond acceptors (Lipinski definition) is 2. The molecule has 1 nitrogen and oxygen atoms in total. The highest BCUT2D eigenvalue weighted by molar-refractivity contribution is 8.00. The van der Waals surface area contributed by atoms with Crippen LogP contribution in [0.25, 0.3) is 0 Å². The quantitative estimate of drug-likeness (QED) is 0.732. The first-order valence-electron chi connectivity index (χ1n) is 4.35. The highest BCUT2D eigenvalue weighted by Gasteiger charge is 2.44. The van der Waals surface area contributed by atoms with Crippen LogP contribution in [0, 0.1) is 5.92 Å². The third kappa shape index (κ3) is 1.91. The third-order valence-corrected chi connectivity index (χ3v) is 3.78. The van der Waals surface area contributed by atoms with Crippen LogP contribution in [0.3, 0.4) is 0 Å². The molecule has 0 bridgehead atoms. The second kappa shape index (κ2) is 3.14. The zero-order valence-electron chi connectivity index (χ0n) is 6.85. The Morgan fingerprint density at radius 1 is 1.33 bits per heavy atom. The molecule has 0 radical (unpaired) electrons.